The Bertz CT molecular complexity index is 1320. The van der Waals surface area contributed by atoms with Crippen molar-refractivity contribution in [3.63, 3.8) is 0 Å². The van der Waals surface area contributed by atoms with E-state index in [-0.39, 0.29) is 21.9 Å². The Morgan fingerprint density at radius 2 is 1.79 bits per heavy atom. The number of anilines is 1. The number of hydrogen-bond donors (Lipinski definition) is 1. The van der Waals surface area contributed by atoms with Gasteiger partial charge in [-0.2, -0.15) is 0 Å². The van der Waals surface area contributed by atoms with Crippen LogP contribution in [0.2, 0.25) is 0 Å². The van der Waals surface area contributed by atoms with E-state index in [4.69, 9.17) is 10.2 Å². The fraction of sp³-hybridized carbons (Fsp3) is 0.240. The lowest BCUT2D eigenvalue weighted by Crippen LogP contribution is -2.34. The maximum Gasteiger partial charge on any atom is 0.270 e. The maximum atomic E-state index is 12.9. The molecule has 0 bridgehead atoms. The molecule has 1 saturated heterocycles. The Morgan fingerprint density at radius 3 is 2.50 bits per heavy atom. The molecule has 0 aliphatic carbocycles. The van der Waals surface area contributed by atoms with Gasteiger partial charge in [0.25, 0.3) is 11.8 Å². The van der Waals surface area contributed by atoms with E-state index in [2.05, 4.69) is 25.1 Å². The van der Waals surface area contributed by atoms with Crippen molar-refractivity contribution in [2.75, 3.05) is 32.9 Å². The Kier molecular flexibility index (Phi) is 5.77. The van der Waals surface area contributed by atoms with E-state index in [1.807, 2.05) is 73.6 Å². The third-order valence-electron chi connectivity index (χ3n) is 6.06. The van der Waals surface area contributed by atoms with Crippen LogP contribution in [0.5, 0.6) is 0 Å². The molecule has 9 nitrogen and oxygen atoms in total. The summed E-state index contributed by atoms with van der Waals surface area (Å²) >= 11 is 0. The normalized spacial score (nSPS) is 15.7. The summed E-state index contributed by atoms with van der Waals surface area (Å²) in [6, 6.07) is 17.2. The Labute approximate surface area is 201 Å². The lowest BCUT2D eigenvalue weighted by atomic mass is 10.1. The van der Waals surface area contributed by atoms with Crippen LogP contribution in [0, 0.1) is 0 Å². The molecule has 0 spiro atoms. The number of likely N-dealkylation sites (tertiary alicyclic amines) is 1. The lowest BCUT2D eigenvalue weighted by molar-refractivity contribution is 0.0783. The van der Waals surface area contributed by atoms with E-state index in [1.54, 1.807) is 6.20 Å². The summed E-state index contributed by atoms with van der Waals surface area (Å²) in [6.07, 6.45) is 2.58. The molecule has 5 rings (SSSR count). The molecule has 1 fully saturated rings. The van der Waals surface area contributed by atoms with Crippen LogP contribution < -0.4 is 5.73 Å². The summed E-state index contributed by atoms with van der Waals surface area (Å²) in [5.74, 6) is 0.813. The van der Waals surface area contributed by atoms with Gasteiger partial charge in [0.05, 0.1) is 11.9 Å². The highest BCUT2D eigenvalue weighted by atomic mass is 16.4. The van der Waals surface area contributed by atoms with Gasteiger partial charge in [-0.05, 0) is 44.8 Å². The van der Waals surface area contributed by atoms with E-state index < -0.39 is 0 Å². The van der Waals surface area contributed by atoms with Gasteiger partial charge in [-0.3, -0.25) is 4.79 Å². The van der Waals surface area contributed by atoms with Gasteiger partial charge >= 0.3 is 0 Å². The van der Waals surface area contributed by atoms with Crippen molar-refractivity contribution in [2.24, 2.45) is 0 Å². The second-order valence-electron chi connectivity index (χ2n) is 8.50. The standard InChI is InChI=1S/C25H25N7O2.3H2/c1-31(2)19-12-13-32(15-19)25(33)18-10-8-16(9-11-18)20-14-27-22(26)21(28-20)24-30-29-23(34-24)17-6-4-3-5-7-17;;;/h3-11,14,19H,12-13,15H2,1-2H3,(H2,26,27);3*1H/t19-;;;/m1.../s1. The number of nitrogens with zero attached hydrogens (tertiary/aromatic N) is 6. The van der Waals surface area contributed by atoms with E-state index in [9.17, 15) is 4.79 Å². The Morgan fingerprint density at radius 1 is 1.06 bits per heavy atom. The molecular formula is C25H31N7O2. The third kappa shape index (κ3) is 4.25. The van der Waals surface area contributed by atoms with Crippen LogP contribution in [0.15, 0.2) is 65.2 Å². The Balaban J connectivity index is 0.00000160. The lowest BCUT2D eigenvalue weighted by Gasteiger charge is -2.20. The van der Waals surface area contributed by atoms with Crippen molar-refractivity contribution >= 4 is 11.7 Å². The van der Waals surface area contributed by atoms with Crippen LogP contribution in [-0.2, 0) is 0 Å². The monoisotopic (exact) mass is 461 g/mol. The molecule has 9 heteroatoms. The quantitative estimate of drug-likeness (QED) is 0.475. The molecule has 0 radical (unpaired) electrons. The number of nitrogen functional groups attached to an aromatic ring is 1. The summed E-state index contributed by atoms with van der Waals surface area (Å²) in [5.41, 5.74) is 9.23. The van der Waals surface area contributed by atoms with Gasteiger partial charge in [-0.1, -0.05) is 30.3 Å². The number of nitrogens with two attached hydrogens (primary N) is 1. The fourth-order valence-corrected chi connectivity index (χ4v) is 4.03. The van der Waals surface area contributed by atoms with Crippen molar-refractivity contribution in [3.8, 4) is 34.3 Å². The molecule has 0 saturated carbocycles. The zero-order valence-corrected chi connectivity index (χ0v) is 19.0. The molecule has 3 heterocycles. The van der Waals surface area contributed by atoms with Crippen LogP contribution in [-0.4, -0.2) is 69.1 Å². The second-order valence-corrected chi connectivity index (χ2v) is 8.50. The zero-order chi connectivity index (χ0) is 23.7. The van der Waals surface area contributed by atoms with E-state index in [0.29, 0.717) is 28.9 Å². The summed E-state index contributed by atoms with van der Waals surface area (Å²) in [5, 5.41) is 8.21. The zero-order valence-electron chi connectivity index (χ0n) is 19.0. The van der Waals surface area contributed by atoms with Gasteiger partial charge in [0.1, 0.15) is 0 Å². The number of likely N-dealkylation sites (N-methyl/N-ethyl adjacent to an activating group) is 1. The summed E-state index contributed by atoms with van der Waals surface area (Å²) in [6.45, 7) is 1.51. The molecule has 34 heavy (non-hydrogen) atoms. The molecule has 0 unspecified atom stereocenters. The average molecular weight is 462 g/mol. The van der Waals surface area contributed by atoms with Crippen LogP contribution in [0.3, 0.4) is 0 Å². The molecule has 1 aliphatic heterocycles. The molecule has 2 N–H and O–H groups in total. The van der Waals surface area contributed by atoms with E-state index >= 15 is 0 Å². The number of hydrogen-bond acceptors (Lipinski definition) is 8. The molecule has 1 aliphatic rings. The fourth-order valence-electron chi connectivity index (χ4n) is 4.03. The minimum atomic E-state index is 0. The van der Waals surface area contributed by atoms with E-state index in [1.165, 1.54) is 0 Å². The summed E-state index contributed by atoms with van der Waals surface area (Å²) < 4.78 is 5.80. The SMILES string of the molecule is CN(C)[C@@H]1CCN(C(=O)c2ccc(-c3cnc(N)c(-c4nnc(-c5ccccc5)o4)n3)cc2)C1.[HH].[HH].[HH]. The first-order valence-corrected chi connectivity index (χ1v) is 11.1. The van der Waals surface area contributed by atoms with Crippen LogP contribution in [0.25, 0.3) is 34.3 Å². The highest BCUT2D eigenvalue weighted by Gasteiger charge is 2.28. The summed E-state index contributed by atoms with van der Waals surface area (Å²) in [7, 11) is 4.10. The number of amides is 1. The predicted molar refractivity (Wildman–Crippen MR) is 135 cm³/mol. The first kappa shape index (κ1) is 21.7. The number of rotatable bonds is 5. The smallest absolute Gasteiger partial charge is 0.270 e. The van der Waals surface area contributed by atoms with Crippen molar-refractivity contribution in [1.82, 2.24) is 30.0 Å². The summed E-state index contributed by atoms with van der Waals surface area (Å²) in [4.78, 5) is 25.9. The molecule has 178 valence electrons. The minimum absolute atomic E-state index is 0. The first-order chi connectivity index (χ1) is 16.5. The first-order valence-electron chi connectivity index (χ1n) is 11.1. The minimum Gasteiger partial charge on any atom is -0.414 e. The topological polar surface area (TPSA) is 114 Å². The molecule has 1 amide bonds. The van der Waals surface area contributed by atoms with Crippen LogP contribution in [0.1, 0.15) is 21.1 Å². The number of aromatic nitrogens is 4. The average Bonchev–Trinajstić information content (AvgIpc) is 3.55. The number of benzene rings is 2. The van der Waals surface area contributed by atoms with Gasteiger partial charge in [0.2, 0.25) is 5.89 Å². The predicted octanol–water partition coefficient (Wildman–Crippen LogP) is 3.96. The van der Waals surface area contributed by atoms with Gasteiger partial charge in [-0.15, -0.1) is 10.2 Å². The van der Waals surface area contributed by atoms with Gasteiger partial charge in [-0.25, -0.2) is 9.97 Å². The molecule has 1 atom stereocenters. The van der Waals surface area contributed by atoms with Crippen molar-refractivity contribution in [2.45, 2.75) is 12.5 Å². The highest BCUT2D eigenvalue weighted by molar-refractivity contribution is 5.95. The number of carbonyl (C=O) groups excluding carboxylic acids is 1. The second kappa shape index (κ2) is 9.03. The highest BCUT2D eigenvalue weighted by Crippen LogP contribution is 2.28. The molecule has 2 aromatic heterocycles. The maximum absolute atomic E-state index is 12.9. The van der Waals surface area contributed by atoms with Gasteiger partial charge in [0.15, 0.2) is 11.5 Å². The largest absolute Gasteiger partial charge is 0.414 e. The number of carbonyl (C=O) groups is 1. The molecule has 2 aromatic carbocycles. The third-order valence-corrected chi connectivity index (χ3v) is 6.06. The van der Waals surface area contributed by atoms with Gasteiger partial charge < -0.3 is 20.0 Å². The van der Waals surface area contributed by atoms with Crippen LogP contribution >= 0.6 is 0 Å². The molecular weight excluding hydrogens is 430 g/mol. The van der Waals surface area contributed by atoms with Gasteiger partial charge in [0, 0.05) is 40.1 Å². The van der Waals surface area contributed by atoms with Crippen molar-refractivity contribution < 1.29 is 13.5 Å². The van der Waals surface area contributed by atoms with E-state index in [0.717, 1.165) is 30.6 Å². The van der Waals surface area contributed by atoms with Crippen molar-refractivity contribution in [3.05, 3.63) is 66.4 Å². The Hall–Kier alpha value is -4.11. The van der Waals surface area contributed by atoms with Crippen LogP contribution in [0.4, 0.5) is 5.82 Å². The molecule has 4 aromatic rings. The van der Waals surface area contributed by atoms with Crippen molar-refractivity contribution in [1.29, 1.82) is 0 Å².